The zero-order chi connectivity index (χ0) is 19.5. The van der Waals surface area contributed by atoms with Crippen molar-refractivity contribution < 1.29 is 0 Å². The Kier molecular flexibility index (Phi) is 5.75. The second kappa shape index (κ2) is 7.89. The van der Waals surface area contributed by atoms with Crippen molar-refractivity contribution in [2.75, 3.05) is 17.2 Å². The largest absolute Gasteiger partial charge is 0.285 e. The lowest BCUT2D eigenvalue weighted by Gasteiger charge is -2.49. The van der Waals surface area contributed by atoms with Crippen molar-refractivity contribution >= 4 is 34.8 Å². The predicted molar refractivity (Wildman–Crippen MR) is 121 cm³/mol. The van der Waals surface area contributed by atoms with Crippen LogP contribution in [0.3, 0.4) is 0 Å². The van der Waals surface area contributed by atoms with E-state index in [1.54, 1.807) is 0 Å². The fourth-order valence-electron chi connectivity index (χ4n) is 3.11. The molecule has 2 aromatic carbocycles. The summed E-state index contributed by atoms with van der Waals surface area (Å²) in [6, 6.07) is 20.6. The van der Waals surface area contributed by atoms with Gasteiger partial charge in [-0.15, -0.1) is 0 Å². The molecule has 1 aliphatic rings. The Morgan fingerprint density at radius 1 is 0.889 bits per heavy atom. The number of hydrogen-bond acceptors (Lipinski definition) is 3. The Balaban J connectivity index is 1.90. The second-order valence-electron chi connectivity index (χ2n) is 8.23. The standard InChI is InChI=1S/C23H29N3S/c1-22(2,3)27-17-16-24-20-23(4,5)21(25-18-12-8-6-9-13-18)26(20)19-14-10-7-11-15-19/h6-15H,16-17H2,1-5H3. The molecule has 1 heterocycles. The number of thioether (sulfide) groups is 1. The van der Waals surface area contributed by atoms with Crippen LogP contribution in [0, 0.1) is 5.41 Å². The van der Waals surface area contributed by atoms with Gasteiger partial charge in [0.1, 0.15) is 11.7 Å². The first-order valence-corrected chi connectivity index (χ1v) is 10.5. The van der Waals surface area contributed by atoms with Crippen LogP contribution in [0.25, 0.3) is 0 Å². The summed E-state index contributed by atoms with van der Waals surface area (Å²) in [5.41, 5.74) is 1.93. The monoisotopic (exact) mass is 379 g/mol. The lowest BCUT2D eigenvalue weighted by atomic mass is 9.79. The van der Waals surface area contributed by atoms with Gasteiger partial charge in [0.2, 0.25) is 0 Å². The number of anilines is 1. The van der Waals surface area contributed by atoms with Gasteiger partial charge in [-0.25, -0.2) is 4.99 Å². The molecule has 1 saturated heterocycles. The van der Waals surface area contributed by atoms with Crippen molar-refractivity contribution in [1.82, 2.24) is 0 Å². The molecular weight excluding hydrogens is 350 g/mol. The fourth-order valence-corrected chi connectivity index (χ4v) is 3.91. The third-order valence-electron chi connectivity index (χ3n) is 4.44. The molecule has 0 saturated carbocycles. The molecule has 4 heteroatoms. The maximum absolute atomic E-state index is 4.98. The predicted octanol–water partition coefficient (Wildman–Crippen LogP) is 6.19. The molecule has 3 nitrogen and oxygen atoms in total. The van der Waals surface area contributed by atoms with E-state index in [-0.39, 0.29) is 10.2 Å². The Morgan fingerprint density at radius 3 is 2.07 bits per heavy atom. The van der Waals surface area contributed by atoms with E-state index in [1.165, 1.54) is 0 Å². The number of amidine groups is 2. The minimum Gasteiger partial charge on any atom is -0.285 e. The van der Waals surface area contributed by atoms with Crippen LogP contribution in [0.4, 0.5) is 11.4 Å². The highest BCUT2D eigenvalue weighted by Gasteiger charge is 2.49. The summed E-state index contributed by atoms with van der Waals surface area (Å²) in [6.45, 7) is 12.0. The second-order valence-corrected chi connectivity index (χ2v) is 10.2. The first-order chi connectivity index (χ1) is 12.8. The summed E-state index contributed by atoms with van der Waals surface area (Å²) >= 11 is 1.95. The fraction of sp³-hybridized carbons (Fsp3) is 0.391. The van der Waals surface area contributed by atoms with Crippen molar-refractivity contribution in [1.29, 1.82) is 0 Å². The van der Waals surface area contributed by atoms with Crippen molar-refractivity contribution in [2.45, 2.75) is 39.4 Å². The summed E-state index contributed by atoms with van der Waals surface area (Å²) in [4.78, 5) is 12.1. The minimum atomic E-state index is -0.169. The average Bonchev–Trinajstić information content (AvgIpc) is 2.63. The number of rotatable bonds is 5. The van der Waals surface area contributed by atoms with Crippen LogP contribution in [0.15, 0.2) is 70.6 Å². The van der Waals surface area contributed by atoms with Gasteiger partial charge in [0, 0.05) is 16.2 Å². The molecular formula is C23H29N3S. The van der Waals surface area contributed by atoms with Gasteiger partial charge in [-0.1, -0.05) is 57.2 Å². The van der Waals surface area contributed by atoms with E-state index in [2.05, 4.69) is 63.8 Å². The quantitative estimate of drug-likeness (QED) is 0.579. The van der Waals surface area contributed by atoms with Gasteiger partial charge in [-0.3, -0.25) is 9.89 Å². The van der Waals surface area contributed by atoms with Gasteiger partial charge in [-0.05, 0) is 38.1 Å². The number of benzene rings is 2. The number of aliphatic imine (C=N–C) groups is 2. The smallest absolute Gasteiger partial charge is 0.128 e. The molecule has 142 valence electrons. The van der Waals surface area contributed by atoms with E-state index in [1.807, 2.05) is 48.2 Å². The maximum atomic E-state index is 4.98. The molecule has 0 spiro atoms. The highest BCUT2D eigenvalue weighted by atomic mass is 32.2. The van der Waals surface area contributed by atoms with E-state index < -0.39 is 0 Å². The highest BCUT2D eigenvalue weighted by molar-refractivity contribution is 8.00. The maximum Gasteiger partial charge on any atom is 0.128 e. The molecule has 0 aliphatic carbocycles. The van der Waals surface area contributed by atoms with Gasteiger partial charge in [0.05, 0.1) is 17.6 Å². The summed E-state index contributed by atoms with van der Waals surface area (Å²) in [5, 5.41) is 0. The van der Waals surface area contributed by atoms with Crippen molar-refractivity contribution in [2.24, 2.45) is 15.4 Å². The first-order valence-electron chi connectivity index (χ1n) is 9.47. The molecule has 27 heavy (non-hydrogen) atoms. The van der Waals surface area contributed by atoms with Crippen LogP contribution in [0.2, 0.25) is 0 Å². The zero-order valence-electron chi connectivity index (χ0n) is 16.9. The molecule has 0 unspecified atom stereocenters. The Bertz CT molecular complexity index is 818. The third-order valence-corrected chi connectivity index (χ3v) is 5.69. The molecule has 0 amide bonds. The van der Waals surface area contributed by atoms with Gasteiger partial charge >= 0.3 is 0 Å². The van der Waals surface area contributed by atoms with Crippen LogP contribution < -0.4 is 4.90 Å². The Hall–Kier alpha value is -2.07. The first kappa shape index (κ1) is 19.7. The summed E-state index contributed by atoms with van der Waals surface area (Å²) in [5.74, 6) is 3.16. The van der Waals surface area contributed by atoms with Crippen LogP contribution in [0.5, 0.6) is 0 Å². The average molecular weight is 380 g/mol. The third kappa shape index (κ3) is 4.62. The van der Waals surface area contributed by atoms with Gasteiger partial charge in [-0.2, -0.15) is 11.8 Å². The molecule has 3 rings (SSSR count). The molecule has 0 atom stereocenters. The van der Waals surface area contributed by atoms with E-state index in [9.17, 15) is 0 Å². The topological polar surface area (TPSA) is 28.0 Å². The van der Waals surface area contributed by atoms with Crippen LogP contribution >= 0.6 is 11.8 Å². The number of nitrogens with zero attached hydrogens (tertiary/aromatic N) is 3. The molecule has 0 bridgehead atoms. The van der Waals surface area contributed by atoms with Crippen molar-refractivity contribution in [3.63, 3.8) is 0 Å². The summed E-state index contributed by atoms with van der Waals surface area (Å²) < 4.78 is 0.272. The Labute approximate surface area is 167 Å². The molecule has 0 radical (unpaired) electrons. The van der Waals surface area contributed by atoms with Crippen LogP contribution in [-0.4, -0.2) is 28.7 Å². The van der Waals surface area contributed by atoms with Gasteiger partial charge in [0.15, 0.2) is 0 Å². The molecule has 2 aromatic rings. The van der Waals surface area contributed by atoms with Crippen LogP contribution in [0.1, 0.15) is 34.6 Å². The number of para-hydroxylation sites is 2. The summed E-state index contributed by atoms with van der Waals surface area (Å²) in [7, 11) is 0. The van der Waals surface area contributed by atoms with E-state index >= 15 is 0 Å². The summed E-state index contributed by atoms with van der Waals surface area (Å²) in [6.07, 6.45) is 0. The van der Waals surface area contributed by atoms with Crippen molar-refractivity contribution in [3.8, 4) is 0 Å². The number of hydrogen-bond donors (Lipinski definition) is 0. The zero-order valence-corrected chi connectivity index (χ0v) is 17.8. The highest BCUT2D eigenvalue weighted by Crippen LogP contribution is 2.40. The molecule has 1 aliphatic heterocycles. The van der Waals surface area contributed by atoms with E-state index in [0.717, 1.165) is 35.3 Å². The van der Waals surface area contributed by atoms with Gasteiger partial charge in [0.25, 0.3) is 0 Å². The molecule has 0 N–H and O–H groups in total. The van der Waals surface area contributed by atoms with E-state index in [0.29, 0.717) is 0 Å². The van der Waals surface area contributed by atoms with Crippen LogP contribution in [-0.2, 0) is 0 Å². The Morgan fingerprint density at radius 2 is 1.48 bits per heavy atom. The van der Waals surface area contributed by atoms with Crippen molar-refractivity contribution in [3.05, 3.63) is 60.7 Å². The SMILES string of the molecule is CC(C)(C)SCCN=C1N(c2ccccc2)C(=Nc2ccccc2)C1(C)C. The minimum absolute atomic E-state index is 0.169. The molecule has 1 fully saturated rings. The molecule has 0 aromatic heterocycles. The normalized spacial score (nSPS) is 19.4. The lowest BCUT2D eigenvalue weighted by molar-refractivity contribution is 0.654. The van der Waals surface area contributed by atoms with E-state index in [4.69, 9.17) is 9.98 Å². The van der Waals surface area contributed by atoms with Gasteiger partial charge < -0.3 is 0 Å². The lowest BCUT2D eigenvalue weighted by Crippen LogP contribution is -2.64.